The lowest BCUT2D eigenvalue weighted by molar-refractivity contribution is 0.0988. The van der Waals surface area contributed by atoms with Crippen molar-refractivity contribution in [1.82, 2.24) is 4.98 Å². The molecule has 0 fully saturated rings. The molecule has 1 amide bonds. The van der Waals surface area contributed by atoms with Gasteiger partial charge in [0, 0.05) is 24.1 Å². The molecule has 1 N–H and O–H groups in total. The zero-order chi connectivity index (χ0) is 18.5. The molecule has 0 atom stereocenters. The third-order valence-corrected chi connectivity index (χ3v) is 3.99. The number of pyridine rings is 1. The number of hydrogen-bond acceptors (Lipinski definition) is 3. The summed E-state index contributed by atoms with van der Waals surface area (Å²) in [6, 6.07) is 15.6. The Labute approximate surface area is 152 Å². The van der Waals surface area contributed by atoms with Gasteiger partial charge in [0.05, 0.1) is 17.4 Å². The van der Waals surface area contributed by atoms with Crippen molar-refractivity contribution >= 4 is 23.0 Å². The van der Waals surface area contributed by atoms with Gasteiger partial charge in [0.2, 0.25) is 0 Å². The normalized spacial score (nSPS) is 10.4. The van der Waals surface area contributed by atoms with Gasteiger partial charge >= 0.3 is 0 Å². The third kappa shape index (κ3) is 4.06. The van der Waals surface area contributed by atoms with Crippen LogP contribution in [0.2, 0.25) is 0 Å². The predicted molar refractivity (Wildman–Crippen MR) is 102 cm³/mol. The summed E-state index contributed by atoms with van der Waals surface area (Å²) in [7, 11) is 0. The van der Waals surface area contributed by atoms with E-state index in [-0.39, 0.29) is 11.7 Å². The molecule has 0 aliphatic heterocycles. The first-order valence-electron chi connectivity index (χ1n) is 8.43. The van der Waals surface area contributed by atoms with Crippen LogP contribution in [-0.4, -0.2) is 17.4 Å². The Morgan fingerprint density at radius 1 is 1.08 bits per heavy atom. The summed E-state index contributed by atoms with van der Waals surface area (Å²) >= 11 is 0. The second kappa shape index (κ2) is 7.78. The number of aryl methyl sites for hydroxylation is 1. The number of benzene rings is 2. The average molecular weight is 349 g/mol. The van der Waals surface area contributed by atoms with Crippen LogP contribution < -0.4 is 10.2 Å². The number of rotatable bonds is 5. The maximum atomic E-state index is 13.0. The number of aromatic nitrogens is 1. The molecule has 26 heavy (non-hydrogen) atoms. The van der Waals surface area contributed by atoms with Gasteiger partial charge in [-0.3, -0.25) is 9.78 Å². The summed E-state index contributed by atoms with van der Waals surface area (Å²) in [5, 5.41) is 3.13. The molecule has 0 spiro atoms. The molecule has 1 aromatic heterocycles. The van der Waals surface area contributed by atoms with E-state index >= 15 is 0 Å². The van der Waals surface area contributed by atoms with Crippen LogP contribution in [0.1, 0.15) is 22.8 Å². The van der Waals surface area contributed by atoms with Crippen LogP contribution in [0.3, 0.4) is 0 Å². The number of hydrogen-bond donors (Lipinski definition) is 1. The number of nitrogens with one attached hydrogen (secondary N) is 1. The topological polar surface area (TPSA) is 45.2 Å². The van der Waals surface area contributed by atoms with Crippen LogP contribution in [0.15, 0.2) is 67.0 Å². The Hall–Kier alpha value is -3.21. The van der Waals surface area contributed by atoms with Crippen LogP contribution in [0, 0.1) is 12.7 Å². The first-order valence-corrected chi connectivity index (χ1v) is 8.43. The highest BCUT2D eigenvalue weighted by Gasteiger charge is 2.17. The molecule has 2 aromatic carbocycles. The van der Waals surface area contributed by atoms with Crippen LogP contribution in [0.25, 0.3) is 0 Å². The first kappa shape index (κ1) is 17.6. The van der Waals surface area contributed by atoms with E-state index in [2.05, 4.69) is 10.3 Å². The molecule has 132 valence electrons. The van der Waals surface area contributed by atoms with E-state index in [9.17, 15) is 9.18 Å². The second-order valence-corrected chi connectivity index (χ2v) is 5.98. The predicted octanol–water partition coefficient (Wildman–Crippen LogP) is 4.94. The average Bonchev–Trinajstić information content (AvgIpc) is 2.64. The summed E-state index contributed by atoms with van der Waals surface area (Å²) < 4.78 is 13.0. The summed E-state index contributed by atoms with van der Waals surface area (Å²) in [6.07, 6.45) is 3.18. The van der Waals surface area contributed by atoms with Crippen LogP contribution in [-0.2, 0) is 0 Å². The van der Waals surface area contributed by atoms with Crippen molar-refractivity contribution in [3.05, 3.63) is 83.9 Å². The van der Waals surface area contributed by atoms with E-state index in [1.807, 2.05) is 38.1 Å². The molecule has 3 rings (SSSR count). The van der Waals surface area contributed by atoms with E-state index in [1.165, 1.54) is 12.1 Å². The first-order chi connectivity index (χ1) is 12.6. The Morgan fingerprint density at radius 2 is 1.85 bits per heavy atom. The monoisotopic (exact) mass is 349 g/mol. The SMILES string of the molecule is CCN(C(=O)c1cncc(Nc2ccc(F)cc2)c1)c1cccc(C)c1. The van der Waals surface area contributed by atoms with Crippen molar-refractivity contribution in [1.29, 1.82) is 0 Å². The van der Waals surface area contributed by atoms with E-state index in [4.69, 9.17) is 0 Å². The fourth-order valence-corrected chi connectivity index (χ4v) is 2.72. The summed E-state index contributed by atoms with van der Waals surface area (Å²) in [4.78, 5) is 18.8. The van der Waals surface area contributed by atoms with E-state index in [0.717, 1.165) is 16.9 Å². The molecule has 0 bridgehead atoms. The molecule has 0 saturated heterocycles. The molecule has 0 aliphatic carbocycles. The van der Waals surface area contributed by atoms with Gasteiger partial charge in [-0.2, -0.15) is 0 Å². The van der Waals surface area contributed by atoms with Gasteiger partial charge in [0.25, 0.3) is 5.91 Å². The molecular formula is C21H20FN3O. The van der Waals surface area contributed by atoms with Crippen LogP contribution in [0.5, 0.6) is 0 Å². The minimum Gasteiger partial charge on any atom is -0.354 e. The molecule has 0 unspecified atom stereocenters. The summed E-state index contributed by atoms with van der Waals surface area (Å²) in [5.41, 5.74) is 3.83. The summed E-state index contributed by atoms with van der Waals surface area (Å²) in [5.74, 6) is -0.414. The van der Waals surface area contributed by atoms with Gasteiger partial charge in [0.15, 0.2) is 0 Å². The van der Waals surface area contributed by atoms with Gasteiger partial charge in [-0.25, -0.2) is 4.39 Å². The van der Waals surface area contributed by atoms with Crippen molar-refractivity contribution in [3.8, 4) is 0 Å². The van der Waals surface area contributed by atoms with Crippen molar-refractivity contribution in [2.75, 3.05) is 16.8 Å². The van der Waals surface area contributed by atoms with Crippen LogP contribution in [0.4, 0.5) is 21.5 Å². The fraction of sp³-hybridized carbons (Fsp3) is 0.143. The number of anilines is 3. The fourth-order valence-electron chi connectivity index (χ4n) is 2.72. The minimum atomic E-state index is -0.297. The Kier molecular flexibility index (Phi) is 5.27. The highest BCUT2D eigenvalue weighted by Crippen LogP contribution is 2.21. The maximum Gasteiger partial charge on any atom is 0.259 e. The van der Waals surface area contributed by atoms with Gasteiger partial charge in [0.1, 0.15) is 5.82 Å². The quantitative estimate of drug-likeness (QED) is 0.710. The molecule has 3 aromatic rings. The lowest BCUT2D eigenvalue weighted by Gasteiger charge is -2.21. The number of carbonyl (C=O) groups is 1. The highest BCUT2D eigenvalue weighted by molar-refractivity contribution is 6.06. The standard InChI is InChI=1S/C21H20FN3O/c1-3-25(20-6-4-5-15(2)11-20)21(26)16-12-19(14-23-13-16)24-18-9-7-17(22)8-10-18/h4-14,24H,3H2,1-2H3. The smallest absolute Gasteiger partial charge is 0.259 e. The van der Waals surface area contributed by atoms with Crippen molar-refractivity contribution in [2.45, 2.75) is 13.8 Å². The van der Waals surface area contributed by atoms with E-state index < -0.39 is 0 Å². The Bertz CT molecular complexity index is 909. The molecule has 0 aliphatic rings. The van der Waals surface area contributed by atoms with Crippen molar-refractivity contribution in [3.63, 3.8) is 0 Å². The van der Waals surface area contributed by atoms with Gasteiger partial charge in [-0.15, -0.1) is 0 Å². The van der Waals surface area contributed by atoms with E-state index in [0.29, 0.717) is 17.8 Å². The highest BCUT2D eigenvalue weighted by atomic mass is 19.1. The largest absolute Gasteiger partial charge is 0.354 e. The molecule has 4 nitrogen and oxygen atoms in total. The lowest BCUT2D eigenvalue weighted by atomic mass is 10.1. The van der Waals surface area contributed by atoms with Gasteiger partial charge < -0.3 is 10.2 Å². The molecular weight excluding hydrogens is 329 g/mol. The van der Waals surface area contributed by atoms with E-state index in [1.54, 1.807) is 35.5 Å². The van der Waals surface area contributed by atoms with Crippen molar-refractivity contribution < 1.29 is 9.18 Å². The number of halogens is 1. The van der Waals surface area contributed by atoms with Crippen LogP contribution >= 0.6 is 0 Å². The maximum absolute atomic E-state index is 13.0. The molecule has 0 radical (unpaired) electrons. The third-order valence-electron chi connectivity index (χ3n) is 3.99. The molecule has 5 heteroatoms. The second-order valence-electron chi connectivity index (χ2n) is 5.98. The van der Waals surface area contributed by atoms with Gasteiger partial charge in [-0.1, -0.05) is 12.1 Å². The number of nitrogens with zero attached hydrogens (tertiary/aromatic N) is 2. The van der Waals surface area contributed by atoms with Crippen molar-refractivity contribution in [2.24, 2.45) is 0 Å². The zero-order valence-corrected chi connectivity index (χ0v) is 14.7. The lowest BCUT2D eigenvalue weighted by Crippen LogP contribution is -2.30. The minimum absolute atomic E-state index is 0.117. The number of carbonyl (C=O) groups excluding carboxylic acids is 1. The summed E-state index contributed by atoms with van der Waals surface area (Å²) in [6.45, 7) is 4.49. The number of amides is 1. The zero-order valence-electron chi connectivity index (χ0n) is 14.7. The Morgan fingerprint density at radius 3 is 2.54 bits per heavy atom. The Balaban J connectivity index is 1.84. The molecule has 0 saturated carbocycles. The van der Waals surface area contributed by atoms with Gasteiger partial charge in [-0.05, 0) is 61.9 Å². The molecule has 1 heterocycles.